The molecule has 1 heterocycles. The summed E-state index contributed by atoms with van der Waals surface area (Å²) in [7, 11) is 0. The smallest absolute Gasteiger partial charge is 0.242 e. The van der Waals surface area contributed by atoms with Gasteiger partial charge in [0.15, 0.2) is 5.69 Å². The highest BCUT2D eigenvalue weighted by Gasteiger charge is 2.35. The highest BCUT2D eigenvalue weighted by Crippen LogP contribution is 2.34. The van der Waals surface area contributed by atoms with Crippen molar-refractivity contribution in [2.75, 3.05) is 0 Å². The normalized spacial score (nSPS) is 12.0. The third-order valence-corrected chi connectivity index (χ3v) is 2.55. The summed E-state index contributed by atoms with van der Waals surface area (Å²) in [6.45, 7) is 0. The molecular formula is C10H5BrF3N. The predicted molar refractivity (Wildman–Crippen MR) is 54.4 cm³/mol. The van der Waals surface area contributed by atoms with Crippen LogP contribution in [-0.4, -0.2) is 4.98 Å². The molecule has 0 saturated carbocycles. The lowest BCUT2D eigenvalue weighted by Crippen LogP contribution is -2.09. The van der Waals surface area contributed by atoms with Gasteiger partial charge in [0.25, 0.3) is 0 Å². The van der Waals surface area contributed by atoms with Crippen LogP contribution in [0.2, 0.25) is 0 Å². The summed E-state index contributed by atoms with van der Waals surface area (Å²) in [5, 5.41) is 0.678. The lowest BCUT2D eigenvalue weighted by Gasteiger charge is -2.08. The Morgan fingerprint density at radius 3 is 2.47 bits per heavy atom. The van der Waals surface area contributed by atoms with Gasteiger partial charge < -0.3 is 0 Å². The van der Waals surface area contributed by atoms with E-state index in [9.17, 15) is 13.2 Å². The Hall–Kier alpha value is -1.10. The number of fused-ring (bicyclic) bond motifs is 1. The topological polar surface area (TPSA) is 12.9 Å². The van der Waals surface area contributed by atoms with E-state index in [0.717, 1.165) is 0 Å². The lowest BCUT2D eigenvalue weighted by molar-refractivity contribution is -0.141. The molecule has 0 N–H and O–H groups in total. The number of alkyl halides is 3. The molecule has 0 aliphatic carbocycles. The Morgan fingerprint density at radius 1 is 1.13 bits per heavy atom. The van der Waals surface area contributed by atoms with E-state index in [2.05, 4.69) is 20.9 Å². The number of benzene rings is 1. The van der Waals surface area contributed by atoms with Crippen LogP contribution in [0.3, 0.4) is 0 Å². The highest BCUT2D eigenvalue weighted by atomic mass is 79.9. The molecule has 1 aromatic heterocycles. The van der Waals surface area contributed by atoms with E-state index in [-0.39, 0.29) is 4.47 Å². The second kappa shape index (κ2) is 3.48. The first-order valence-corrected chi connectivity index (χ1v) is 4.90. The van der Waals surface area contributed by atoms with Crippen LogP contribution in [0.15, 0.2) is 34.8 Å². The minimum atomic E-state index is -4.43. The van der Waals surface area contributed by atoms with E-state index in [0.29, 0.717) is 10.9 Å². The molecule has 5 heteroatoms. The van der Waals surface area contributed by atoms with Crippen molar-refractivity contribution < 1.29 is 13.2 Å². The minimum absolute atomic E-state index is 0.0336. The molecule has 2 rings (SSSR count). The number of para-hydroxylation sites is 1. The molecule has 0 aliphatic heterocycles. The van der Waals surface area contributed by atoms with Crippen LogP contribution < -0.4 is 0 Å². The van der Waals surface area contributed by atoms with Crippen molar-refractivity contribution in [1.82, 2.24) is 4.98 Å². The minimum Gasteiger partial charge on any atom is -0.242 e. The number of halogens is 4. The van der Waals surface area contributed by atoms with Crippen molar-refractivity contribution in [3.63, 3.8) is 0 Å². The Balaban J connectivity index is 2.73. The SMILES string of the molecule is FC(F)(F)c1nc2ccccc2cc1Br. The molecule has 15 heavy (non-hydrogen) atoms. The van der Waals surface area contributed by atoms with Crippen LogP contribution in [0.4, 0.5) is 13.2 Å². The van der Waals surface area contributed by atoms with Crippen LogP contribution >= 0.6 is 15.9 Å². The second-order valence-corrected chi connectivity index (χ2v) is 3.86. The van der Waals surface area contributed by atoms with Crippen molar-refractivity contribution in [3.8, 4) is 0 Å². The molecule has 1 nitrogen and oxygen atoms in total. The van der Waals surface area contributed by atoms with Crippen molar-refractivity contribution in [2.45, 2.75) is 6.18 Å². The van der Waals surface area contributed by atoms with E-state index in [4.69, 9.17) is 0 Å². The number of pyridine rings is 1. The molecule has 0 bridgehead atoms. The van der Waals surface area contributed by atoms with E-state index < -0.39 is 11.9 Å². The second-order valence-electron chi connectivity index (χ2n) is 3.01. The largest absolute Gasteiger partial charge is 0.434 e. The van der Waals surface area contributed by atoms with Gasteiger partial charge in [-0.15, -0.1) is 0 Å². The average Bonchev–Trinajstić information content (AvgIpc) is 2.15. The maximum Gasteiger partial charge on any atom is 0.434 e. The summed E-state index contributed by atoms with van der Waals surface area (Å²) in [4.78, 5) is 3.57. The summed E-state index contributed by atoms with van der Waals surface area (Å²) < 4.78 is 37.4. The Bertz CT molecular complexity index is 507. The van der Waals surface area contributed by atoms with Gasteiger partial charge in [0, 0.05) is 9.86 Å². The molecular weight excluding hydrogens is 271 g/mol. The zero-order valence-electron chi connectivity index (χ0n) is 7.35. The third kappa shape index (κ3) is 1.97. The van der Waals surface area contributed by atoms with Crippen molar-refractivity contribution >= 4 is 26.8 Å². The molecule has 2 aromatic rings. The Labute approximate surface area is 92.1 Å². The maximum atomic E-state index is 12.5. The number of hydrogen-bond acceptors (Lipinski definition) is 1. The van der Waals surface area contributed by atoms with Gasteiger partial charge in [0.05, 0.1) is 5.52 Å². The average molecular weight is 276 g/mol. The van der Waals surface area contributed by atoms with Gasteiger partial charge in [0.1, 0.15) is 0 Å². The molecule has 1 aromatic carbocycles. The monoisotopic (exact) mass is 275 g/mol. The zero-order chi connectivity index (χ0) is 11.1. The van der Waals surface area contributed by atoms with Gasteiger partial charge in [-0.1, -0.05) is 18.2 Å². The first-order valence-electron chi connectivity index (χ1n) is 4.11. The van der Waals surface area contributed by atoms with Gasteiger partial charge in [-0.05, 0) is 28.1 Å². The maximum absolute atomic E-state index is 12.5. The molecule has 0 saturated heterocycles. The van der Waals surface area contributed by atoms with Crippen molar-refractivity contribution in [2.24, 2.45) is 0 Å². The van der Waals surface area contributed by atoms with Crippen molar-refractivity contribution in [1.29, 1.82) is 0 Å². The first-order chi connectivity index (χ1) is 6.98. The first kappa shape index (κ1) is 10.4. The number of rotatable bonds is 0. The number of nitrogens with zero attached hydrogens (tertiary/aromatic N) is 1. The van der Waals surface area contributed by atoms with E-state index in [1.165, 1.54) is 6.07 Å². The summed E-state index contributed by atoms with van der Waals surface area (Å²) in [5.74, 6) is 0. The van der Waals surface area contributed by atoms with E-state index in [1.54, 1.807) is 24.3 Å². The van der Waals surface area contributed by atoms with Crippen molar-refractivity contribution in [3.05, 3.63) is 40.5 Å². The van der Waals surface area contributed by atoms with Gasteiger partial charge >= 0.3 is 6.18 Å². The molecule has 0 unspecified atom stereocenters. The molecule has 0 atom stereocenters. The van der Waals surface area contributed by atoms with Gasteiger partial charge in [-0.25, -0.2) is 4.98 Å². The molecule has 0 aliphatic rings. The Morgan fingerprint density at radius 2 is 1.80 bits per heavy atom. The standard InChI is InChI=1S/C10H5BrF3N/c11-7-5-6-3-1-2-4-8(6)15-9(7)10(12,13)14/h1-5H. The van der Waals surface area contributed by atoms with Gasteiger partial charge in [-0.3, -0.25) is 0 Å². The summed E-state index contributed by atoms with van der Waals surface area (Å²) in [6, 6.07) is 8.10. The fourth-order valence-corrected chi connectivity index (χ4v) is 1.85. The zero-order valence-corrected chi connectivity index (χ0v) is 8.93. The van der Waals surface area contributed by atoms with Crippen LogP contribution in [0.5, 0.6) is 0 Å². The van der Waals surface area contributed by atoms with Gasteiger partial charge in [-0.2, -0.15) is 13.2 Å². The number of hydrogen-bond donors (Lipinski definition) is 0. The van der Waals surface area contributed by atoms with Crippen LogP contribution in [0, 0.1) is 0 Å². The molecule has 0 radical (unpaired) electrons. The summed E-state index contributed by atoms with van der Waals surface area (Å²) in [5.41, 5.74) is -0.547. The fraction of sp³-hybridized carbons (Fsp3) is 0.100. The van der Waals surface area contributed by atoms with E-state index in [1.807, 2.05) is 0 Å². The molecule has 0 fully saturated rings. The number of aromatic nitrogens is 1. The molecule has 0 spiro atoms. The van der Waals surface area contributed by atoms with Gasteiger partial charge in [0.2, 0.25) is 0 Å². The lowest BCUT2D eigenvalue weighted by atomic mass is 10.2. The third-order valence-electron chi connectivity index (χ3n) is 1.95. The van der Waals surface area contributed by atoms with Crippen LogP contribution in [0.1, 0.15) is 5.69 Å². The summed E-state index contributed by atoms with van der Waals surface area (Å²) in [6.07, 6.45) is -4.43. The van der Waals surface area contributed by atoms with E-state index >= 15 is 0 Å². The van der Waals surface area contributed by atoms with Crippen LogP contribution in [-0.2, 0) is 6.18 Å². The fourth-order valence-electron chi connectivity index (χ4n) is 1.29. The Kier molecular flexibility index (Phi) is 2.42. The predicted octanol–water partition coefficient (Wildman–Crippen LogP) is 4.02. The summed E-state index contributed by atoms with van der Waals surface area (Å²) >= 11 is 2.87. The highest BCUT2D eigenvalue weighted by molar-refractivity contribution is 9.10. The molecule has 78 valence electrons. The van der Waals surface area contributed by atoms with Crippen LogP contribution in [0.25, 0.3) is 10.9 Å². The molecule has 0 amide bonds. The quantitative estimate of drug-likeness (QED) is 0.708.